The zero-order valence-corrected chi connectivity index (χ0v) is 15.0. The molecule has 0 bridgehead atoms. The predicted octanol–water partition coefficient (Wildman–Crippen LogP) is 1.37. The van der Waals surface area contributed by atoms with Crippen LogP contribution in [0, 0.1) is 11.8 Å². The molecular weight excluding hydrogens is 318 g/mol. The van der Waals surface area contributed by atoms with E-state index in [0.29, 0.717) is 6.54 Å². The molecule has 1 saturated heterocycles. The summed E-state index contributed by atoms with van der Waals surface area (Å²) in [5, 5.41) is 5.49. The van der Waals surface area contributed by atoms with Gasteiger partial charge in [0.25, 0.3) is 0 Å². The first kappa shape index (κ1) is 19.4. The van der Waals surface area contributed by atoms with Gasteiger partial charge in [-0.25, -0.2) is 0 Å². The van der Waals surface area contributed by atoms with E-state index in [9.17, 15) is 9.59 Å². The van der Waals surface area contributed by atoms with Crippen molar-refractivity contribution < 1.29 is 14.3 Å². The van der Waals surface area contributed by atoms with Gasteiger partial charge in [0.15, 0.2) is 0 Å². The number of benzene rings is 1. The average Bonchev–Trinajstić information content (AvgIpc) is 2.64. The lowest BCUT2D eigenvalue weighted by molar-refractivity contribution is -0.127. The molecule has 25 heavy (non-hydrogen) atoms. The summed E-state index contributed by atoms with van der Waals surface area (Å²) in [4.78, 5) is 23.8. The van der Waals surface area contributed by atoms with Crippen LogP contribution in [0.25, 0.3) is 0 Å². The van der Waals surface area contributed by atoms with E-state index in [1.165, 1.54) is 0 Å². The molecule has 1 heterocycles. The van der Waals surface area contributed by atoms with E-state index < -0.39 is 6.04 Å². The Morgan fingerprint density at radius 3 is 2.64 bits per heavy atom. The summed E-state index contributed by atoms with van der Waals surface area (Å²) in [6.07, 6.45) is 1.99. The van der Waals surface area contributed by atoms with Crippen LogP contribution >= 0.6 is 0 Å². The van der Waals surface area contributed by atoms with Crippen LogP contribution in [0.3, 0.4) is 0 Å². The fourth-order valence-corrected chi connectivity index (χ4v) is 2.96. The molecular formula is C19H29N3O3. The summed E-state index contributed by atoms with van der Waals surface area (Å²) < 4.78 is 5.93. The molecule has 1 aliphatic heterocycles. The highest BCUT2D eigenvalue weighted by molar-refractivity contribution is 5.87. The highest BCUT2D eigenvalue weighted by Crippen LogP contribution is 2.32. The Balaban J connectivity index is 1.80. The minimum absolute atomic E-state index is 0.000737. The largest absolute Gasteiger partial charge is 0.373 e. The lowest BCUT2D eigenvalue weighted by Gasteiger charge is -2.32. The molecule has 0 aliphatic carbocycles. The lowest BCUT2D eigenvalue weighted by atomic mass is 9.89. The summed E-state index contributed by atoms with van der Waals surface area (Å²) >= 11 is 0. The fraction of sp³-hybridized carbons (Fsp3) is 0.579. The van der Waals surface area contributed by atoms with Crippen molar-refractivity contribution in [2.24, 2.45) is 17.6 Å². The highest BCUT2D eigenvalue weighted by Gasteiger charge is 2.27. The van der Waals surface area contributed by atoms with Crippen LogP contribution in [0.1, 0.15) is 38.4 Å². The van der Waals surface area contributed by atoms with Crippen LogP contribution in [0.15, 0.2) is 30.3 Å². The molecule has 1 aromatic rings. The zero-order chi connectivity index (χ0) is 18.2. The van der Waals surface area contributed by atoms with E-state index in [2.05, 4.69) is 22.8 Å². The number of carbonyl (C=O) groups excluding carboxylic acids is 2. The second-order valence-corrected chi connectivity index (χ2v) is 6.90. The van der Waals surface area contributed by atoms with Crippen molar-refractivity contribution in [2.75, 3.05) is 19.7 Å². The molecule has 0 radical (unpaired) electrons. The second-order valence-electron chi connectivity index (χ2n) is 6.90. The van der Waals surface area contributed by atoms with E-state index in [0.717, 1.165) is 25.0 Å². The minimum Gasteiger partial charge on any atom is -0.373 e. The molecule has 6 heteroatoms. The minimum atomic E-state index is -0.595. The van der Waals surface area contributed by atoms with Crippen molar-refractivity contribution in [2.45, 2.75) is 38.8 Å². The Labute approximate surface area is 149 Å². The molecule has 1 aliphatic rings. The summed E-state index contributed by atoms with van der Waals surface area (Å²) in [5.74, 6) is -0.238. The molecule has 6 nitrogen and oxygen atoms in total. The molecule has 0 aromatic heterocycles. The smallest absolute Gasteiger partial charge is 0.239 e. The van der Waals surface area contributed by atoms with Gasteiger partial charge in [-0.2, -0.15) is 0 Å². The summed E-state index contributed by atoms with van der Waals surface area (Å²) in [6, 6.07) is 9.49. The van der Waals surface area contributed by atoms with E-state index in [1.54, 1.807) is 0 Å². The maximum atomic E-state index is 12.0. The van der Waals surface area contributed by atoms with Crippen LogP contribution in [0.4, 0.5) is 0 Å². The van der Waals surface area contributed by atoms with E-state index >= 15 is 0 Å². The number of amides is 2. The molecule has 4 N–H and O–H groups in total. The molecule has 2 amide bonds. The van der Waals surface area contributed by atoms with Gasteiger partial charge in [0.05, 0.1) is 18.7 Å². The van der Waals surface area contributed by atoms with E-state index in [1.807, 2.05) is 32.0 Å². The van der Waals surface area contributed by atoms with Crippen molar-refractivity contribution in [1.82, 2.24) is 10.6 Å². The number of rotatable bonds is 7. The third-order valence-electron chi connectivity index (χ3n) is 4.58. The van der Waals surface area contributed by atoms with Gasteiger partial charge in [0, 0.05) is 19.1 Å². The SMILES string of the molecule is CC(C)[C@H](N)C(=O)NCC(=O)NCC1CCCOC1c1ccccc1. The monoisotopic (exact) mass is 347 g/mol. The van der Waals surface area contributed by atoms with Gasteiger partial charge in [-0.05, 0) is 24.3 Å². The maximum Gasteiger partial charge on any atom is 0.239 e. The standard InChI is InChI=1S/C19H29N3O3/c1-13(2)17(20)19(24)22-12-16(23)21-11-15-9-6-10-25-18(15)14-7-4-3-5-8-14/h3-5,7-8,13,15,17-18H,6,9-12,20H2,1-2H3,(H,21,23)(H,22,24)/t15?,17-,18?/m0/s1. The Hall–Kier alpha value is -1.92. The number of nitrogens with one attached hydrogen (secondary N) is 2. The van der Waals surface area contributed by atoms with Gasteiger partial charge in [0.2, 0.25) is 11.8 Å². The van der Waals surface area contributed by atoms with Crippen LogP contribution < -0.4 is 16.4 Å². The van der Waals surface area contributed by atoms with Crippen LogP contribution in [-0.2, 0) is 14.3 Å². The van der Waals surface area contributed by atoms with Crippen molar-refractivity contribution in [1.29, 1.82) is 0 Å². The first-order valence-corrected chi connectivity index (χ1v) is 8.95. The summed E-state index contributed by atoms with van der Waals surface area (Å²) in [7, 11) is 0. The first-order chi connectivity index (χ1) is 12.0. The van der Waals surface area contributed by atoms with Crippen molar-refractivity contribution in [3.8, 4) is 0 Å². The van der Waals surface area contributed by atoms with E-state index in [4.69, 9.17) is 10.5 Å². The molecule has 2 unspecified atom stereocenters. The van der Waals surface area contributed by atoms with Crippen LogP contribution in [0.2, 0.25) is 0 Å². The topological polar surface area (TPSA) is 93.5 Å². The highest BCUT2D eigenvalue weighted by atomic mass is 16.5. The number of nitrogens with two attached hydrogens (primary N) is 1. The number of ether oxygens (including phenoxy) is 1. The Kier molecular flexibility index (Phi) is 7.40. The number of hydrogen-bond acceptors (Lipinski definition) is 4. The Morgan fingerprint density at radius 2 is 1.96 bits per heavy atom. The van der Waals surface area contributed by atoms with Gasteiger partial charge in [-0.3, -0.25) is 9.59 Å². The molecule has 1 aromatic carbocycles. The molecule has 0 saturated carbocycles. The third-order valence-corrected chi connectivity index (χ3v) is 4.58. The summed E-state index contributed by atoms with van der Waals surface area (Å²) in [5.41, 5.74) is 6.90. The first-order valence-electron chi connectivity index (χ1n) is 8.95. The van der Waals surface area contributed by atoms with Crippen molar-refractivity contribution >= 4 is 11.8 Å². The molecule has 138 valence electrons. The maximum absolute atomic E-state index is 12.0. The normalized spacial score (nSPS) is 21.6. The summed E-state index contributed by atoms with van der Waals surface area (Å²) in [6.45, 7) is 4.97. The Morgan fingerprint density at radius 1 is 1.24 bits per heavy atom. The number of hydrogen-bond donors (Lipinski definition) is 3. The fourth-order valence-electron chi connectivity index (χ4n) is 2.96. The number of carbonyl (C=O) groups is 2. The van der Waals surface area contributed by atoms with Crippen LogP contribution in [-0.4, -0.2) is 37.6 Å². The van der Waals surface area contributed by atoms with E-state index in [-0.39, 0.29) is 36.3 Å². The van der Waals surface area contributed by atoms with Crippen molar-refractivity contribution in [3.05, 3.63) is 35.9 Å². The van der Waals surface area contributed by atoms with Crippen LogP contribution in [0.5, 0.6) is 0 Å². The lowest BCUT2D eigenvalue weighted by Crippen LogP contribution is -2.47. The average molecular weight is 347 g/mol. The van der Waals surface area contributed by atoms with Gasteiger partial charge >= 0.3 is 0 Å². The van der Waals surface area contributed by atoms with Gasteiger partial charge in [0.1, 0.15) is 0 Å². The Bertz CT molecular complexity index is 562. The molecule has 0 spiro atoms. The predicted molar refractivity (Wildman–Crippen MR) is 96.7 cm³/mol. The molecule has 1 fully saturated rings. The molecule has 2 rings (SSSR count). The third kappa shape index (κ3) is 5.83. The second kappa shape index (κ2) is 9.53. The van der Waals surface area contributed by atoms with Crippen molar-refractivity contribution in [3.63, 3.8) is 0 Å². The quantitative estimate of drug-likeness (QED) is 0.694. The molecule has 3 atom stereocenters. The van der Waals surface area contributed by atoms with Gasteiger partial charge in [-0.15, -0.1) is 0 Å². The van der Waals surface area contributed by atoms with Gasteiger partial charge < -0.3 is 21.1 Å². The zero-order valence-electron chi connectivity index (χ0n) is 15.0. The van der Waals surface area contributed by atoms with Gasteiger partial charge in [-0.1, -0.05) is 44.2 Å².